The lowest BCUT2D eigenvalue weighted by molar-refractivity contribution is 0.430. The van der Waals surface area contributed by atoms with Crippen LogP contribution in [0.5, 0.6) is 11.6 Å². The highest BCUT2D eigenvalue weighted by molar-refractivity contribution is 7.13. The summed E-state index contributed by atoms with van der Waals surface area (Å²) in [5, 5.41) is 2.03. The maximum Gasteiger partial charge on any atom is 0.232 e. The number of aromatic nitrogens is 1. The minimum absolute atomic E-state index is 0.151. The second-order valence-electron chi connectivity index (χ2n) is 2.56. The van der Waals surface area contributed by atoms with Gasteiger partial charge in [-0.25, -0.2) is 4.39 Å². The molecule has 2 aromatic rings. The Morgan fingerprint density at radius 1 is 1.36 bits per heavy atom. The molecule has 0 amide bonds. The normalized spacial score (nSPS) is 10.1. The third-order valence-corrected chi connectivity index (χ3v) is 2.20. The zero-order valence-corrected chi connectivity index (χ0v) is 7.92. The molecule has 14 heavy (non-hydrogen) atoms. The number of thiazole rings is 1. The van der Waals surface area contributed by atoms with Crippen molar-refractivity contribution >= 4 is 16.5 Å². The standard InChI is InChI=1S/C9H7FN2OS/c10-6-3-1-2-4-7(6)13-8-5-14-9(11)12-8/h1-5H,(H2,11,12). The van der Waals surface area contributed by atoms with Gasteiger partial charge >= 0.3 is 0 Å². The van der Waals surface area contributed by atoms with E-state index in [4.69, 9.17) is 10.5 Å². The van der Waals surface area contributed by atoms with E-state index < -0.39 is 5.82 Å². The predicted molar refractivity (Wildman–Crippen MR) is 53.0 cm³/mol. The Balaban J connectivity index is 2.23. The van der Waals surface area contributed by atoms with Crippen molar-refractivity contribution in [3.63, 3.8) is 0 Å². The molecule has 5 heteroatoms. The van der Waals surface area contributed by atoms with Gasteiger partial charge in [0.1, 0.15) is 0 Å². The van der Waals surface area contributed by atoms with E-state index in [9.17, 15) is 4.39 Å². The van der Waals surface area contributed by atoms with Crippen LogP contribution in [0, 0.1) is 5.82 Å². The number of benzene rings is 1. The van der Waals surface area contributed by atoms with Crippen molar-refractivity contribution in [2.24, 2.45) is 0 Å². The Morgan fingerprint density at radius 3 is 2.79 bits per heavy atom. The van der Waals surface area contributed by atoms with Gasteiger partial charge in [-0.3, -0.25) is 0 Å². The fourth-order valence-corrected chi connectivity index (χ4v) is 1.42. The molecule has 0 saturated heterocycles. The summed E-state index contributed by atoms with van der Waals surface area (Å²) in [5.74, 6) is 0.0504. The monoisotopic (exact) mass is 210 g/mol. The Labute approximate surface area is 84.0 Å². The third-order valence-electron chi connectivity index (χ3n) is 1.55. The average molecular weight is 210 g/mol. The van der Waals surface area contributed by atoms with Crippen molar-refractivity contribution in [2.45, 2.75) is 0 Å². The van der Waals surface area contributed by atoms with Crippen LogP contribution in [0.1, 0.15) is 0 Å². The molecule has 3 nitrogen and oxygen atoms in total. The first kappa shape index (κ1) is 8.96. The van der Waals surface area contributed by atoms with E-state index >= 15 is 0 Å². The third kappa shape index (κ3) is 1.82. The lowest BCUT2D eigenvalue weighted by atomic mass is 10.3. The summed E-state index contributed by atoms with van der Waals surface area (Å²) in [6.45, 7) is 0. The number of hydrogen-bond donors (Lipinski definition) is 1. The quantitative estimate of drug-likeness (QED) is 0.828. The van der Waals surface area contributed by atoms with Crippen molar-refractivity contribution < 1.29 is 9.13 Å². The number of halogens is 1. The van der Waals surface area contributed by atoms with E-state index in [0.29, 0.717) is 11.0 Å². The molecule has 0 bridgehead atoms. The Hall–Kier alpha value is -1.62. The van der Waals surface area contributed by atoms with E-state index in [-0.39, 0.29) is 5.75 Å². The first-order chi connectivity index (χ1) is 6.75. The SMILES string of the molecule is Nc1nc(Oc2ccccc2F)cs1. The molecule has 1 aromatic heterocycles. The van der Waals surface area contributed by atoms with Crippen molar-refractivity contribution in [1.82, 2.24) is 4.98 Å². The van der Waals surface area contributed by atoms with Crippen molar-refractivity contribution in [3.05, 3.63) is 35.5 Å². The first-order valence-electron chi connectivity index (χ1n) is 3.89. The fraction of sp³-hybridized carbons (Fsp3) is 0. The zero-order chi connectivity index (χ0) is 9.97. The number of nitrogen functional groups attached to an aromatic ring is 1. The van der Waals surface area contributed by atoms with Crippen LogP contribution >= 0.6 is 11.3 Å². The molecular formula is C9H7FN2OS. The maximum atomic E-state index is 13.1. The van der Waals surface area contributed by atoms with Crippen LogP contribution in [0.15, 0.2) is 29.6 Å². The fourth-order valence-electron chi connectivity index (χ4n) is 0.959. The number of rotatable bonds is 2. The predicted octanol–water partition coefficient (Wildman–Crippen LogP) is 2.66. The summed E-state index contributed by atoms with van der Waals surface area (Å²) < 4.78 is 18.3. The Morgan fingerprint density at radius 2 is 2.14 bits per heavy atom. The van der Waals surface area contributed by atoms with E-state index in [2.05, 4.69) is 4.98 Å². The molecule has 0 aliphatic heterocycles. The average Bonchev–Trinajstić information content (AvgIpc) is 2.56. The summed E-state index contributed by atoms with van der Waals surface area (Å²) in [6, 6.07) is 6.14. The van der Waals surface area contributed by atoms with Gasteiger partial charge in [0.05, 0.1) is 5.38 Å². The second kappa shape index (κ2) is 3.63. The highest BCUT2D eigenvalue weighted by Gasteiger charge is 2.05. The number of hydrogen-bond acceptors (Lipinski definition) is 4. The lowest BCUT2D eigenvalue weighted by Gasteiger charge is -2.01. The van der Waals surface area contributed by atoms with Gasteiger partial charge in [-0.15, -0.1) is 11.3 Å². The molecule has 1 aromatic carbocycles. The van der Waals surface area contributed by atoms with E-state index in [1.807, 2.05) is 0 Å². The van der Waals surface area contributed by atoms with Crippen LogP contribution in [0.25, 0.3) is 0 Å². The second-order valence-corrected chi connectivity index (χ2v) is 3.45. The Kier molecular flexibility index (Phi) is 2.32. The van der Waals surface area contributed by atoms with Crippen LogP contribution in [0.3, 0.4) is 0 Å². The summed E-state index contributed by atoms with van der Waals surface area (Å²) in [7, 11) is 0. The van der Waals surface area contributed by atoms with Crippen LogP contribution < -0.4 is 10.5 Å². The first-order valence-corrected chi connectivity index (χ1v) is 4.77. The molecule has 0 spiro atoms. The van der Waals surface area contributed by atoms with E-state index in [1.54, 1.807) is 17.5 Å². The number of nitrogens with two attached hydrogens (primary N) is 1. The molecule has 2 rings (SSSR count). The van der Waals surface area contributed by atoms with Gasteiger partial charge in [-0.2, -0.15) is 4.98 Å². The maximum absolute atomic E-state index is 13.1. The minimum Gasteiger partial charge on any atom is -0.435 e. The molecular weight excluding hydrogens is 203 g/mol. The van der Waals surface area contributed by atoms with E-state index in [0.717, 1.165) is 0 Å². The van der Waals surface area contributed by atoms with Gasteiger partial charge < -0.3 is 10.5 Å². The molecule has 0 unspecified atom stereocenters. The molecule has 0 atom stereocenters. The molecule has 0 fully saturated rings. The number of ether oxygens (including phenoxy) is 1. The largest absolute Gasteiger partial charge is 0.435 e. The summed E-state index contributed by atoms with van der Waals surface area (Å²) >= 11 is 1.25. The van der Waals surface area contributed by atoms with Crippen LogP contribution in [0.2, 0.25) is 0 Å². The molecule has 0 radical (unpaired) electrons. The summed E-state index contributed by atoms with van der Waals surface area (Å²) in [5.41, 5.74) is 5.40. The number of para-hydroxylation sites is 1. The van der Waals surface area contributed by atoms with Gasteiger partial charge in [0, 0.05) is 0 Å². The lowest BCUT2D eigenvalue weighted by Crippen LogP contribution is -1.88. The molecule has 0 aliphatic carbocycles. The van der Waals surface area contributed by atoms with Crippen molar-refractivity contribution in [3.8, 4) is 11.6 Å². The number of anilines is 1. The van der Waals surface area contributed by atoms with Crippen LogP contribution in [-0.4, -0.2) is 4.98 Å². The topological polar surface area (TPSA) is 48.1 Å². The summed E-state index contributed by atoms with van der Waals surface area (Å²) in [4.78, 5) is 3.85. The molecule has 0 aliphatic rings. The molecule has 0 saturated carbocycles. The number of nitrogens with zero attached hydrogens (tertiary/aromatic N) is 1. The highest BCUT2D eigenvalue weighted by atomic mass is 32.1. The van der Waals surface area contributed by atoms with Gasteiger partial charge in [-0.05, 0) is 12.1 Å². The van der Waals surface area contributed by atoms with Crippen molar-refractivity contribution in [1.29, 1.82) is 0 Å². The minimum atomic E-state index is -0.418. The van der Waals surface area contributed by atoms with Gasteiger partial charge in [0.15, 0.2) is 16.7 Å². The van der Waals surface area contributed by atoms with E-state index in [1.165, 1.54) is 23.5 Å². The Bertz CT molecular complexity index is 444. The molecule has 2 N–H and O–H groups in total. The highest BCUT2D eigenvalue weighted by Crippen LogP contribution is 2.25. The van der Waals surface area contributed by atoms with Gasteiger partial charge in [0.25, 0.3) is 0 Å². The summed E-state index contributed by atoms with van der Waals surface area (Å²) in [6.07, 6.45) is 0. The van der Waals surface area contributed by atoms with Crippen LogP contribution in [-0.2, 0) is 0 Å². The van der Waals surface area contributed by atoms with Gasteiger partial charge in [0.2, 0.25) is 5.88 Å². The van der Waals surface area contributed by atoms with Gasteiger partial charge in [-0.1, -0.05) is 12.1 Å². The zero-order valence-electron chi connectivity index (χ0n) is 7.11. The van der Waals surface area contributed by atoms with Crippen molar-refractivity contribution in [2.75, 3.05) is 5.73 Å². The smallest absolute Gasteiger partial charge is 0.232 e. The van der Waals surface area contributed by atoms with Crippen LogP contribution in [0.4, 0.5) is 9.52 Å². The molecule has 1 heterocycles. The molecule has 72 valence electrons.